The molecule has 4 rings (SSSR count). The van der Waals surface area contributed by atoms with Gasteiger partial charge in [-0.2, -0.15) is 0 Å². The SMILES string of the molecule is COc1cccc(-n2ccnc2SCc2nc3cc(Cl)ccc3c(=O)[nH]2)c1. The Balaban J connectivity index is 1.60. The van der Waals surface area contributed by atoms with Crippen molar-refractivity contribution in [3.8, 4) is 11.4 Å². The zero-order valence-electron chi connectivity index (χ0n) is 14.3. The molecule has 6 nitrogen and oxygen atoms in total. The number of aromatic amines is 1. The number of rotatable bonds is 5. The molecule has 0 amide bonds. The summed E-state index contributed by atoms with van der Waals surface area (Å²) in [5.41, 5.74) is 1.35. The van der Waals surface area contributed by atoms with Crippen LogP contribution < -0.4 is 10.3 Å². The zero-order valence-corrected chi connectivity index (χ0v) is 15.9. The molecular formula is C19H15ClN4O2S. The van der Waals surface area contributed by atoms with Crippen LogP contribution in [0.5, 0.6) is 5.75 Å². The first-order valence-electron chi connectivity index (χ1n) is 8.13. The van der Waals surface area contributed by atoms with Crippen molar-refractivity contribution < 1.29 is 4.74 Å². The first-order valence-corrected chi connectivity index (χ1v) is 9.49. The van der Waals surface area contributed by atoms with Gasteiger partial charge in [-0.3, -0.25) is 9.36 Å². The number of nitrogens with one attached hydrogen (secondary N) is 1. The summed E-state index contributed by atoms with van der Waals surface area (Å²) in [6.45, 7) is 0. The predicted octanol–water partition coefficient (Wildman–Crippen LogP) is 4.06. The van der Waals surface area contributed by atoms with E-state index >= 15 is 0 Å². The van der Waals surface area contributed by atoms with Crippen molar-refractivity contribution in [2.45, 2.75) is 10.9 Å². The number of hydrogen-bond acceptors (Lipinski definition) is 5. The molecule has 0 bridgehead atoms. The molecule has 27 heavy (non-hydrogen) atoms. The third kappa shape index (κ3) is 3.70. The van der Waals surface area contributed by atoms with Gasteiger partial charge in [0.15, 0.2) is 5.16 Å². The van der Waals surface area contributed by atoms with Gasteiger partial charge in [-0.25, -0.2) is 9.97 Å². The van der Waals surface area contributed by atoms with Crippen molar-refractivity contribution in [2.75, 3.05) is 7.11 Å². The lowest BCUT2D eigenvalue weighted by Crippen LogP contribution is -2.11. The molecule has 0 spiro atoms. The van der Waals surface area contributed by atoms with E-state index in [9.17, 15) is 4.79 Å². The first-order chi connectivity index (χ1) is 13.1. The Morgan fingerprint density at radius 1 is 1.26 bits per heavy atom. The second kappa shape index (κ2) is 7.46. The van der Waals surface area contributed by atoms with Crippen LogP contribution in [0.25, 0.3) is 16.6 Å². The van der Waals surface area contributed by atoms with Gasteiger partial charge in [0, 0.05) is 23.5 Å². The molecule has 0 saturated heterocycles. The van der Waals surface area contributed by atoms with E-state index in [4.69, 9.17) is 16.3 Å². The van der Waals surface area contributed by atoms with Crippen LogP contribution in [0.2, 0.25) is 5.02 Å². The normalized spacial score (nSPS) is 11.0. The maximum absolute atomic E-state index is 12.2. The number of benzene rings is 2. The minimum Gasteiger partial charge on any atom is -0.497 e. The van der Waals surface area contributed by atoms with E-state index in [0.29, 0.717) is 27.5 Å². The Morgan fingerprint density at radius 2 is 2.15 bits per heavy atom. The number of aromatic nitrogens is 4. The molecule has 0 aliphatic rings. The van der Waals surface area contributed by atoms with Crippen molar-refractivity contribution in [1.82, 2.24) is 19.5 Å². The lowest BCUT2D eigenvalue weighted by atomic mass is 10.2. The van der Waals surface area contributed by atoms with Crippen molar-refractivity contribution in [2.24, 2.45) is 0 Å². The van der Waals surface area contributed by atoms with Gasteiger partial charge in [-0.15, -0.1) is 0 Å². The van der Waals surface area contributed by atoms with Gasteiger partial charge in [-0.1, -0.05) is 29.4 Å². The predicted molar refractivity (Wildman–Crippen MR) is 107 cm³/mol. The molecule has 0 atom stereocenters. The summed E-state index contributed by atoms with van der Waals surface area (Å²) in [7, 11) is 1.64. The second-order valence-corrected chi connectivity index (χ2v) is 7.12. The van der Waals surface area contributed by atoms with E-state index < -0.39 is 0 Å². The van der Waals surface area contributed by atoms with Crippen LogP contribution in [0.15, 0.2) is 64.8 Å². The quantitative estimate of drug-likeness (QED) is 0.513. The number of H-pyrrole nitrogens is 1. The third-order valence-electron chi connectivity index (χ3n) is 3.99. The molecule has 1 N–H and O–H groups in total. The van der Waals surface area contributed by atoms with Crippen molar-refractivity contribution in [3.63, 3.8) is 0 Å². The lowest BCUT2D eigenvalue weighted by molar-refractivity contribution is 0.414. The van der Waals surface area contributed by atoms with Crippen LogP contribution in [-0.4, -0.2) is 26.6 Å². The summed E-state index contributed by atoms with van der Waals surface area (Å²) < 4.78 is 7.25. The van der Waals surface area contributed by atoms with Crippen LogP contribution in [-0.2, 0) is 5.75 Å². The molecule has 0 aliphatic heterocycles. The average molecular weight is 399 g/mol. The smallest absolute Gasteiger partial charge is 0.258 e. The van der Waals surface area contributed by atoms with Crippen LogP contribution in [0, 0.1) is 0 Å². The Morgan fingerprint density at radius 3 is 3.00 bits per heavy atom. The highest BCUT2D eigenvalue weighted by Gasteiger charge is 2.10. The Hall–Kier alpha value is -2.77. The lowest BCUT2D eigenvalue weighted by Gasteiger charge is -2.09. The maximum atomic E-state index is 12.2. The average Bonchev–Trinajstić information content (AvgIpc) is 3.14. The standard InChI is InChI=1S/C19H15ClN4O2S/c1-26-14-4-2-3-13(10-14)24-8-7-21-19(24)27-11-17-22-16-9-12(20)5-6-15(16)18(25)23-17/h2-10H,11H2,1H3,(H,22,23,25). The van der Waals surface area contributed by atoms with E-state index in [2.05, 4.69) is 15.0 Å². The number of nitrogens with zero attached hydrogens (tertiary/aromatic N) is 3. The highest BCUT2D eigenvalue weighted by atomic mass is 35.5. The number of thioether (sulfide) groups is 1. The van der Waals surface area contributed by atoms with Gasteiger partial charge in [-0.05, 0) is 30.3 Å². The fraction of sp³-hybridized carbons (Fsp3) is 0.105. The number of imidazole rings is 1. The molecule has 4 aromatic rings. The Kier molecular flexibility index (Phi) is 4.87. The summed E-state index contributed by atoms with van der Waals surface area (Å²) in [5.74, 6) is 1.81. The van der Waals surface area contributed by atoms with Gasteiger partial charge >= 0.3 is 0 Å². The summed E-state index contributed by atoms with van der Waals surface area (Å²) in [6, 6.07) is 12.8. The summed E-state index contributed by atoms with van der Waals surface area (Å²) in [6.07, 6.45) is 3.62. The molecule has 0 aliphatic carbocycles. The van der Waals surface area contributed by atoms with Crippen LogP contribution in [0.1, 0.15) is 5.82 Å². The zero-order chi connectivity index (χ0) is 18.8. The number of methoxy groups -OCH3 is 1. The summed E-state index contributed by atoms with van der Waals surface area (Å²) >= 11 is 7.50. The Bertz CT molecular complexity index is 1170. The molecule has 2 aromatic heterocycles. The maximum Gasteiger partial charge on any atom is 0.258 e. The molecular weight excluding hydrogens is 384 g/mol. The fourth-order valence-corrected chi connectivity index (χ4v) is 3.73. The van der Waals surface area contributed by atoms with Gasteiger partial charge in [0.1, 0.15) is 11.6 Å². The monoisotopic (exact) mass is 398 g/mol. The molecule has 0 fully saturated rings. The van der Waals surface area contributed by atoms with E-state index in [1.807, 2.05) is 35.0 Å². The van der Waals surface area contributed by atoms with Crippen molar-refractivity contribution in [3.05, 3.63) is 76.1 Å². The molecule has 8 heteroatoms. The topological polar surface area (TPSA) is 72.8 Å². The molecule has 2 heterocycles. The largest absolute Gasteiger partial charge is 0.497 e. The number of fused-ring (bicyclic) bond motifs is 1. The van der Waals surface area contributed by atoms with E-state index in [-0.39, 0.29) is 5.56 Å². The third-order valence-corrected chi connectivity index (χ3v) is 5.21. The Labute approximate surface area is 164 Å². The highest BCUT2D eigenvalue weighted by molar-refractivity contribution is 7.98. The fourth-order valence-electron chi connectivity index (χ4n) is 2.72. The number of hydrogen-bond donors (Lipinski definition) is 1. The van der Waals surface area contributed by atoms with Crippen molar-refractivity contribution >= 4 is 34.3 Å². The van der Waals surface area contributed by atoms with Crippen LogP contribution in [0.4, 0.5) is 0 Å². The van der Waals surface area contributed by atoms with E-state index in [1.54, 1.807) is 31.5 Å². The molecule has 136 valence electrons. The van der Waals surface area contributed by atoms with Crippen molar-refractivity contribution in [1.29, 1.82) is 0 Å². The summed E-state index contributed by atoms with van der Waals surface area (Å²) in [4.78, 5) is 24.0. The summed E-state index contributed by atoms with van der Waals surface area (Å²) in [5, 5.41) is 1.86. The molecule has 2 aromatic carbocycles. The molecule has 0 unspecified atom stereocenters. The highest BCUT2D eigenvalue weighted by Crippen LogP contribution is 2.25. The van der Waals surface area contributed by atoms with Crippen LogP contribution >= 0.6 is 23.4 Å². The van der Waals surface area contributed by atoms with Gasteiger partial charge in [0.25, 0.3) is 5.56 Å². The number of halogens is 1. The van der Waals surface area contributed by atoms with E-state index in [1.165, 1.54) is 11.8 Å². The number of ether oxygens (including phenoxy) is 1. The molecule has 0 radical (unpaired) electrons. The minimum atomic E-state index is -0.177. The first kappa shape index (κ1) is 17.6. The van der Waals surface area contributed by atoms with Gasteiger partial charge in [0.05, 0.1) is 29.5 Å². The minimum absolute atomic E-state index is 0.177. The second-order valence-electron chi connectivity index (χ2n) is 5.74. The van der Waals surface area contributed by atoms with Crippen LogP contribution in [0.3, 0.4) is 0 Å². The van der Waals surface area contributed by atoms with Gasteiger partial charge in [0.2, 0.25) is 0 Å². The molecule has 0 saturated carbocycles. The van der Waals surface area contributed by atoms with E-state index in [0.717, 1.165) is 16.6 Å². The van der Waals surface area contributed by atoms with Gasteiger partial charge < -0.3 is 9.72 Å².